The minimum Gasteiger partial charge on any atom is -0.336 e. The van der Waals surface area contributed by atoms with E-state index >= 15 is 0 Å². The van der Waals surface area contributed by atoms with Gasteiger partial charge in [-0.3, -0.25) is 14.5 Å². The largest absolute Gasteiger partial charge is 0.336 e. The molecule has 7 nitrogen and oxygen atoms in total. The van der Waals surface area contributed by atoms with Crippen molar-refractivity contribution >= 4 is 40.7 Å². The van der Waals surface area contributed by atoms with Crippen molar-refractivity contribution in [3.05, 3.63) is 75.5 Å². The fourth-order valence-electron chi connectivity index (χ4n) is 3.87. The van der Waals surface area contributed by atoms with E-state index in [1.807, 2.05) is 60.0 Å². The summed E-state index contributed by atoms with van der Waals surface area (Å²) in [5.74, 6) is -0.143. The molecule has 0 bridgehead atoms. The fourth-order valence-corrected chi connectivity index (χ4v) is 4.17. The van der Waals surface area contributed by atoms with E-state index in [4.69, 9.17) is 23.2 Å². The lowest BCUT2D eigenvalue weighted by molar-refractivity contribution is -0.117. The number of aryl methyl sites for hydroxylation is 1. The Bertz CT molecular complexity index is 1170. The first kappa shape index (κ1) is 23.3. The average Bonchev–Trinajstić information content (AvgIpc) is 3.08. The number of nitrogens with zero attached hydrogens (tertiary/aromatic N) is 4. The summed E-state index contributed by atoms with van der Waals surface area (Å²) in [6, 6.07) is 14.5. The molecule has 0 radical (unpaired) electrons. The summed E-state index contributed by atoms with van der Waals surface area (Å²) in [6.45, 7) is 6.42. The summed E-state index contributed by atoms with van der Waals surface area (Å²) in [5.41, 5.74) is 3.71. The summed E-state index contributed by atoms with van der Waals surface area (Å²) in [6.07, 6.45) is 0. The summed E-state index contributed by atoms with van der Waals surface area (Å²) in [5, 5.41) is 8.44. The van der Waals surface area contributed by atoms with E-state index in [-0.39, 0.29) is 18.4 Å². The van der Waals surface area contributed by atoms with Crippen LogP contribution in [0.25, 0.3) is 5.69 Å². The second-order valence-corrected chi connectivity index (χ2v) is 8.83. The van der Waals surface area contributed by atoms with Gasteiger partial charge in [-0.05, 0) is 50.2 Å². The Labute approximate surface area is 202 Å². The zero-order valence-corrected chi connectivity index (χ0v) is 20.0. The van der Waals surface area contributed by atoms with E-state index in [0.717, 1.165) is 17.1 Å². The molecule has 1 aliphatic rings. The van der Waals surface area contributed by atoms with Gasteiger partial charge in [-0.1, -0.05) is 35.3 Å². The second kappa shape index (κ2) is 9.95. The van der Waals surface area contributed by atoms with Gasteiger partial charge in [0.2, 0.25) is 5.91 Å². The molecular weight excluding hydrogens is 461 g/mol. The minimum atomic E-state index is -0.122. The van der Waals surface area contributed by atoms with Gasteiger partial charge in [0, 0.05) is 31.7 Å². The number of rotatable bonds is 5. The Balaban J connectivity index is 1.31. The molecule has 1 N–H and O–H groups in total. The number of carbonyl (C=O) groups is 2. The highest BCUT2D eigenvalue weighted by Crippen LogP contribution is 2.23. The Morgan fingerprint density at radius 2 is 1.64 bits per heavy atom. The van der Waals surface area contributed by atoms with E-state index in [1.165, 1.54) is 0 Å². The molecule has 3 aromatic rings. The number of nitrogens with one attached hydrogen (secondary N) is 1. The third kappa shape index (κ3) is 5.21. The van der Waals surface area contributed by atoms with Gasteiger partial charge < -0.3 is 10.2 Å². The van der Waals surface area contributed by atoms with Crippen molar-refractivity contribution < 1.29 is 9.59 Å². The summed E-state index contributed by atoms with van der Waals surface area (Å²) in [7, 11) is 0. The molecule has 172 valence electrons. The lowest BCUT2D eigenvalue weighted by Crippen LogP contribution is -2.50. The predicted molar refractivity (Wildman–Crippen MR) is 130 cm³/mol. The zero-order chi connectivity index (χ0) is 23.5. The molecule has 2 aromatic carbocycles. The van der Waals surface area contributed by atoms with Gasteiger partial charge in [-0.15, -0.1) is 0 Å². The van der Waals surface area contributed by atoms with Crippen LogP contribution in [-0.2, 0) is 4.79 Å². The summed E-state index contributed by atoms with van der Waals surface area (Å²) >= 11 is 12.3. The quantitative estimate of drug-likeness (QED) is 0.587. The maximum atomic E-state index is 13.0. The van der Waals surface area contributed by atoms with Gasteiger partial charge in [-0.25, -0.2) is 4.68 Å². The van der Waals surface area contributed by atoms with Gasteiger partial charge in [0.15, 0.2) is 0 Å². The van der Waals surface area contributed by atoms with Crippen LogP contribution in [0.15, 0.2) is 48.5 Å². The van der Waals surface area contributed by atoms with Crippen LogP contribution in [0, 0.1) is 13.8 Å². The van der Waals surface area contributed by atoms with E-state index in [1.54, 1.807) is 16.8 Å². The molecule has 0 unspecified atom stereocenters. The minimum absolute atomic E-state index is 0.0203. The Kier molecular flexibility index (Phi) is 7.02. The van der Waals surface area contributed by atoms with Crippen LogP contribution < -0.4 is 5.32 Å². The Morgan fingerprint density at radius 3 is 2.24 bits per heavy atom. The smallest absolute Gasteiger partial charge is 0.253 e. The number of piperazine rings is 1. The van der Waals surface area contributed by atoms with Crippen LogP contribution in [0.2, 0.25) is 10.0 Å². The maximum Gasteiger partial charge on any atom is 0.253 e. The van der Waals surface area contributed by atoms with Crippen LogP contribution >= 0.6 is 23.2 Å². The topological polar surface area (TPSA) is 70.5 Å². The van der Waals surface area contributed by atoms with E-state index in [0.29, 0.717) is 47.5 Å². The number of hydrogen-bond donors (Lipinski definition) is 1. The van der Waals surface area contributed by atoms with Gasteiger partial charge in [0.25, 0.3) is 5.91 Å². The van der Waals surface area contributed by atoms with Crippen LogP contribution in [0.1, 0.15) is 21.7 Å². The highest BCUT2D eigenvalue weighted by molar-refractivity contribution is 6.33. The number of para-hydroxylation sites is 1. The van der Waals surface area contributed by atoms with Crippen molar-refractivity contribution in [3.63, 3.8) is 0 Å². The van der Waals surface area contributed by atoms with Crippen LogP contribution in [0.5, 0.6) is 0 Å². The van der Waals surface area contributed by atoms with Gasteiger partial charge in [0.05, 0.1) is 39.4 Å². The molecule has 1 saturated heterocycles. The first-order chi connectivity index (χ1) is 15.8. The number of amides is 2. The molecule has 1 fully saturated rings. The number of aromatic nitrogens is 2. The molecule has 0 saturated carbocycles. The molecule has 1 aromatic heterocycles. The van der Waals surface area contributed by atoms with Gasteiger partial charge in [0.1, 0.15) is 0 Å². The molecule has 4 rings (SSSR count). The van der Waals surface area contributed by atoms with Crippen molar-refractivity contribution in [1.82, 2.24) is 19.6 Å². The molecule has 1 aliphatic heterocycles. The van der Waals surface area contributed by atoms with E-state index in [2.05, 4.69) is 10.4 Å². The van der Waals surface area contributed by atoms with Crippen molar-refractivity contribution in [1.29, 1.82) is 0 Å². The number of halogens is 2. The van der Waals surface area contributed by atoms with Crippen molar-refractivity contribution in [2.45, 2.75) is 13.8 Å². The van der Waals surface area contributed by atoms with Gasteiger partial charge in [-0.2, -0.15) is 5.10 Å². The second-order valence-electron chi connectivity index (χ2n) is 8.04. The predicted octanol–water partition coefficient (Wildman–Crippen LogP) is 4.19. The number of anilines is 1. The molecular formula is C24H25Cl2N5O2. The highest BCUT2D eigenvalue weighted by Gasteiger charge is 2.23. The fraction of sp³-hybridized carbons (Fsp3) is 0.292. The van der Waals surface area contributed by atoms with Crippen LogP contribution in [0.4, 0.5) is 5.69 Å². The Hall–Kier alpha value is -2.87. The summed E-state index contributed by atoms with van der Waals surface area (Å²) < 4.78 is 1.78. The lowest BCUT2D eigenvalue weighted by atomic mass is 10.1. The lowest BCUT2D eigenvalue weighted by Gasteiger charge is -2.34. The first-order valence-electron chi connectivity index (χ1n) is 10.7. The molecule has 9 heteroatoms. The molecule has 0 spiro atoms. The van der Waals surface area contributed by atoms with Crippen LogP contribution in [-0.4, -0.2) is 64.1 Å². The average molecular weight is 486 g/mol. The van der Waals surface area contributed by atoms with Gasteiger partial charge >= 0.3 is 0 Å². The SMILES string of the molecule is Cc1nn(-c2ccc(C(=O)N3CCN(CC(=O)Nc4ccccc4Cl)CC3)cc2)c(C)c1Cl. The monoisotopic (exact) mass is 485 g/mol. The maximum absolute atomic E-state index is 13.0. The van der Waals surface area contributed by atoms with E-state index < -0.39 is 0 Å². The van der Waals surface area contributed by atoms with Crippen molar-refractivity contribution in [3.8, 4) is 5.69 Å². The molecule has 2 heterocycles. The Morgan fingerprint density at radius 1 is 0.970 bits per heavy atom. The number of hydrogen-bond acceptors (Lipinski definition) is 4. The molecule has 0 aliphatic carbocycles. The highest BCUT2D eigenvalue weighted by atomic mass is 35.5. The normalized spacial score (nSPS) is 14.4. The first-order valence-corrected chi connectivity index (χ1v) is 11.5. The molecule has 0 atom stereocenters. The third-order valence-corrected chi connectivity index (χ3v) is 6.61. The zero-order valence-electron chi connectivity index (χ0n) is 18.5. The third-order valence-electron chi connectivity index (χ3n) is 5.74. The van der Waals surface area contributed by atoms with E-state index in [9.17, 15) is 9.59 Å². The van der Waals surface area contributed by atoms with Crippen molar-refractivity contribution in [2.24, 2.45) is 0 Å². The number of carbonyl (C=O) groups excluding carboxylic acids is 2. The standard InChI is InChI=1S/C24H25Cl2N5O2/c1-16-23(26)17(2)31(28-16)19-9-7-18(8-10-19)24(33)30-13-11-29(12-14-30)15-22(32)27-21-6-4-3-5-20(21)25/h3-10H,11-15H2,1-2H3,(H,27,32). The van der Waals surface area contributed by atoms with Crippen molar-refractivity contribution in [2.75, 3.05) is 38.0 Å². The molecule has 33 heavy (non-hydrogen) atoms. The summed E-state index contributed by atoms with van der Waals surface area (Å²) in [4.78, 5) is 29.2. The number of benzene rings is 2. The molecule has 2 amide bonds. The van der Waals surface area contributed by atoms with Crippen LogP contribution in [0.3, 0.4) is 0 Å².